The van der Waals surface area contributed by atoms with Crippen molar-refractivity contribution in [3.63, 3.8) is 0 Å². The van der Waals surface area contributed by atoms with Crippen LogP contribution >= 0.6 is 0 Å². The van der Waals surface area contributed by atoms with Crippen LogP contribution in [0.3, 0.4) is 0 Å². The number of hydrogen-bond acceptors (Lipinski definition) is 2. The molecule has 0 amide bonds. The maximum absolute atomic E-state index is 6.29. The van der Waals surface area contributed by atoms with Gasteiger partial charge in [-0.05, 0) is 49.4 Å². The lowest BCUT2D eigenvalue weighted by atomic mass is 10.0. The smallest absolute Gasteiger partial charge is 0.158 e. The molecule has 4 unspecified atom stereocenters. The second-order valence-electron chi connectivity index (χ2n) is 6.80. The van der Waals surface area contributed by atoms with Crippen molar-refractivity contribution in [2.24, 2.45) is 23.7 Å². The van der Waals surface area contributed by atoms with Crippen molar-refractivity contribution in [2.75, 3.05) is 6.61 Å². The molecule has 0 bridgehead atoms. The van der Waals surface area contributed by atoms with Gasteiger partial charge in [0.15, 0.2) is 6.29 Å². The van der Waals surface area contributed by atoms with Crippen molar-refractivity contribution < 1.29 is 9.47 Å². The molecule has 3 aliphatic rings. The van der Waals surface area contributed by atoms with Crippen molar-refractivity contribution in [1.82, 2.24) is 0 Å². The van der Waals surface area contributed by atoms with Crippen molar-refractivity contribution in [3.05, 3.63) is 0 Å². The third kappa shape index (κ3) is 2.26. The van der Waals surface area contributed by atoms with E-state index in [4.69, 9.17) is 9.47 Å². The van der Waals surface area contributed by atoms with E-state index in [1.165, 1.54) is 25.7 Å². The van der Waals surface area contributed by atoms with Crippen LogP contribution in [-0.2, 0) is 9.47 Å². The lowest BCUT2D eigenvalue weighted by molar-refractivity contribution is -0.163. The zero-order valence-electron chi connectivity index (χ0n) is 11.4. The lowest BCUT2D eigenvalue weighted by Gasteiger charge is -2.21. The molecule has 0 radical (unpaired) electrons. The molecule has 1 saturated heterocycles. The molecular formula is C15H26O2. The quantitative estimate of drug-likeness (QED) is 0.728. The Balaban J connectivity index is 1.57. The van der Waals surface area contributed by atoms with Crippen LogP contribution in [0.1, 0.15) is 52.9 Å². The van der Waals surface area contributed by atoms with E-state index >= 15 is 0 Å². The summed E-state index contributed by atoms with van der Waals surface area (Å²) in [6, 6.07) is 0. The second-order valence-corrected chi connectivity index (χ2v) is 6.80. The van der Waals surface area contributed by atoms with Crippen LogP contribution in [0.15, 0.2) is 0 Å². The molecular weight excluding hydrogens is 212 g/mol. The third-order valence-corrected chi connectivity index (χ3v) is 4.91. The molecule has 0 aromatic carbocycles. The summed E-state index contributed by atoms with van der Waals surface area (Å²) < 4.78 is 11.9. The zero-order chi connectivity index (χ0) is 12.0. The summed E-state index contributed by atoms with van der Waals surface area (Å²) in [7, 11) is 0. The minimum absolute atomic E-state index is 0.116. The topological polar surface area (TPSA) is 18.5 Å². The Bertz CT molecular complexity index is 277. The Labute approximate surface area is 105 Å². The predicted molar refractivity (Wildman–Crippen MR) is 67.6 cm³/mol. The van der Waals surface area contributed by atoms with E-state index in [2.05, 4.69) is 20.8 Å². The molecule has 3 rings (SSSR count). The first-order valence-electron chi connectivity index (χ1n) is 7.42. The number of hydrogen-bond donors (Lipinski definition) is 0. The third-order valence-electron chi connectivity index (χ3n) is 4.91. The van der Waals surface area contributed by atoms with Crippen LogP contribution in [0, 0.1) is 23.7 Å². The summed E-state index contributed by atoms with van der Waals surface area (Å²) in [5.41, 5.74) is 0.230. The SMILES string of the molecule is CC(C)CC1C(C)C1C1(OC2CCCO2)CC1. The first-order valence-corrected chi connectivity index (χ1v) is 7.42. The van der Waals surface area contributed by atoms with Gasteiger partial charge in [-0.3, -0.25) is 0 Å². The molecule has 0 aromatic rings. The van der Waals surface area contributed by atoms with Crippen LogP contribution in [0.25, 0.3) is 0 Å². The van der Waals surface area contributed by atoms with Gasteiger partial charge in [0.1, 0.15) is 0 Å². The van der Waals surface area contributed by atoms with Crippen molar-refractivity contribution in [1.29, 1.82) is 0 Å². The van der Waals surface area contributed by atoms with E-state index in [1.807, 2.05) is 0 Å². The number of rotatable bonds is 5. The van der Waals surface area contributed by atoms with Crippen molar-refractivity contribution in [2.45, 2.75) is 64.8 Å². The highest BCUT2D eigenvalue weighted by Crippen LogP contribution is 2.65. The molecule has 1 heterocycles. The average molecular weight is 238 g/mol. The fourth-order valence-corrected chi connectivity index (χ4v) is 3.88. The minimum Gasteiger partial charge on any atom is -0.353 e. The van der Waals surface area contributed by atoms with Crippen LogP contribution in [0.4, 0.5) is 0 Å². The fourth-order valence-electron chi connectivity index (χ4n) is 3.88. The summed E-state index contributed by atoms with van der Waals surface area (Å²) in [4.78, 5) is 0. The Hall–Kier alpha value is -0.0800. The maximum atomic E-state index is 6.29. The van der Waals surface area contributed by atoms with E-state index < -0.39 is 0 Å². The molecule has 98 valence electrons. The van der Waals surface area contributed by atoms with E-state index in [9.17, 15) is 0 Å². The molecule has 2 heteroatoms. The second kappa shape index (κ2) is 4.24. The predicted octanol–water partition coefficient (Wildman–Crippen LogP) is 3.60. The fraction of sp³-hybridized carbons (Fsp3) is 1.00. The summed E-state index contributed by atoms with van der Waals surface area (Å²) >= 11 is 0. The normalized spacial score (nSPS) is 43.1. The first kappa shape index (κ1) is 12.0. The van der Waals surface area contributed by atoms with E-state index in [0.717, 1.165) is 36.7 Å². The van der Waals surface area contributed by atoms with Gasteiger partial charge in [0.2, 0.25) is 0 Å². The summed E-state index contributed by atoms with van der Waals surface area (Å²) in [5.74, 6) is 3.44. The van der Waals surface area contributed by atoms with Gasteiger partial charge in [-0.25, -0.2) is 0 Å². The summed E-state index contributed by atoms with van der Waals surface area (Å²) in [6.07, 6.45) is 6.33. The van der Waals surface area contributed by atoms with Gasteiger partial charge in [-0.2, -0.15) is 0 Å². The Morgan fingerprint density at radius 1 is 1.35 bits per heavy atom. The van der Waals surface area contributed by atoms with E-state index in [1.54, 1.807) is 0 Å². The van der Waals surface area contributed by atoms with Crippen LogP contribution in [0.2, 0.25) is 0 Å². The van der Waals surface area contributed by atoms with Crippen LogP contribution < -0.4 is 0 Å². The largest absolute Gasteiger partial charge is 0.353 e. The average Bonchev–Trinajstić information content (AvgIpc) is 3.07. The van der Waals surface area contributed by atoms with Gasteiger partial charge in [0, 0.05) is 13.0 Å². The van der Waals surface area contributed by atoms with Gasteiger partial charge in [0.05, 0.1) is 5.60 Å². The highest BCUT2D eigenvalue weighted by atomic mass is 16.7. The molecule has 3 fully saturated rings. The molecule has 2 saturated carbocycles. The molecule has 17 heavy (non-hydrogen) atoms. The molecule has 4 atom stereocenters. The summed E-state index contributed by atoms with van der Waals surface area (Å²) in [6.45, 7) is 7.98. The Morgan fingerprint density at radius 3 is 2.65 bits per heavy atom. The Kier molecular flexibility index (Phi) is 2.99. The molecule has 0 N–H and O–H groups in total. The van der Waals surface area contributed by atoms with E-state index in [-0.39, 0.29) is 11.9 Å². The van der Waals surface area contributed by atoms with Crippen molar-refractivity contribution >= 4 is 0 Å². The monoisotopic (exact) mass is 238 g/mol. The standard InChI is InChI=1S/C15H26O2/c1-10(2)9-12-11(3)14(12)15(6-7-15)17-13-5-4-8-16-13/h10-14H,4-9H2,1-3H3. The van der Waals surface area contributed by atoms with Crippen molar-refractivity contribution in [3.8, 4) is 0 Å². The van der Waals surface area contributed by atoms with Gasteiger partial charge in [-0.15, -0.1) is 0 Å². The Morgan fingerprint density at radius 2 is 2.12 bits per heavy atom. The zero-order valence-corrected chi connectivity index (χ0v) is 11.4. The highest BCUT2D eigenvalue weighted by Gasteiger charge is 2.65. The van der Waals surface area contributed by atoms with Gasteiger partial charge >= 0.3 is 0 Å². The number of ether oxygens (including phenoxy) is 2. The maximum Gasteiger partial charge on any atom is 0.158 e. The van der Waals surface area contributed by atoms with E-state index in [0.29, 0.717) is 0 Å². The van der Waals surface area contributed by atoms with Gasteiger partial charge in [-0.1, -0.05) is 20.8 Å². The molecule has 2 aliphatic carbocycles. The molecule has 0 aromatic heterocycles. The molecule has 0 spiro atoms. The highest BCUT2D eigenvalue weighted by molar-refractivity contribution is 5.14. The molecule has 1 aliphatic heterocycles. The van der Waals surface area contributed by atoms with Gasteiger partial charge in [0.25, 0.3) is 0 Å². The molecule has 2 nitrogen and oxygen atoms in total. The lowest BCUT2D eigenvalue weighted by Crippen LogP contribution is -2.26. The first-order chi connectivity index (χ1) is 8.12. The minimum atomic E-state index is 0.116. The summed E-state index contributed by atoms with van der Waals surface area (Å²) in [5, 5.41) is 0. The van der Waals surface area contributed by atoms with Crippen LogP contribution in [0.5, 0.6) is 0 Å². The van der Waals surface area contributed by atoms with Crippen LogP contribution in [-0.4, -0.2) is 18.5 Å². The van der Waals surface area contributed by atoms with Gasteiger partial charge < -0.3 is 9.47 Å².